The van der Waals surface area contributed by atoms with Gasteiger partial charge in [0, 0.05) is 5.69 Å². The fraction of sp³-hybridized carbons (Fsp3) is 0.154. The highest BCUT2D eigenvalue weighted by molar-refractivity contribution is 5.59. The van der Waals surface area contributed by atoms with Crippen molar-refractivity contribution in [1.29, 1.82) is 0 Å². The molecule has 3 N–H and O–H groups in total. The van der Waals surface area contributed by atoms with Gasteiger partial charge in [-0.1, -0.05) is 6.07 Å². The molecular formula is C13H14FN3. The van der Waals surface area contributed by atoms with Crippen molar-refractivity contribution in [2.75, 3.05) is 11.1 Å². The molecule has 0 atom stereocenters. The number of aromatic nitrogens is 1. The first-order chi connectivity index (χ1) is 8.06. The van der Waals surface area contributed by atoms with Crippen LogP contribution in [0, 0.1) is 19.7 Å². The number of hydrogen-bond acceptors (Lipinski definition) is 3. The van der Waals surface area contributed by atoms with Gasteiger partial charge in [0.05, 0.1) is 11.4 Å². The van der Waals surface area contributed by atoms with Crippen LogP contribution in [0.5, 0.6) is 0 Å². The van der Waals surface area contributed by atoms with E-state index in [-0.39, 0.29) is 5.82 Å². The minimum absolute atomic E-state index is 0.234. The number of benzene rings is 1. The minimum Gasteiger partial charge on any atom is -0.397 e. The summed E-state index contributed by atoms with van der Waals surface area (Å²) in [5, 5.41) is 3.03. The van der Waals surface area contributed by atoms with E-state index >= 15 is 0 Å². The van der Waals surface area contributed by atoms with Gasteiger partial charge in [0.25, 0.3) is 0 Å². The maximum absolute atomic E-state index is 13.3. The van der Waals surface area contributed by atoms with Crippen LogP contribution in [0.4, 0.5) is 21.6 Å². The van der Waals surface area contributed by atoms with Crippen molar-refractivity contribution in [3.63, 3.8) is 0 Å². The molecule has 0 saturated heterocycles. The summed E-state index contributed by atoms with van der Waals surface area (Å²) in [6.45, 7) is 3.56. The van der Waals surface area contributed by atoms with Gasteiger partial charge in [-0.2, -0.15) is 0 Å². The Hall–Kier alpha value is -2.10. The van der Waals surface area contributed by atoms with Crippen molar-refractivity contribution < 1.29 is 4.39 Å². The van der Waals surface area contributed by atoms with Crippen LogP contribution in [-0.2, 0) is 0 Å². The molecule has 0 radical (unpaired) electrons. The first kappa shape index (κ1) is 11.4. The maximum Gasteiger partial charge on any atom is 0.130 e. The molecule has 0 saturated carbocycles. The molecule has 2 rings (SSSR count). The lowest BCUT2D eigenvalue weighted by atomic mass is 10.2. The lowest BCUT2D eigenvalue weighted by Crippen LogP contribution is -1.98. The summed E-state index contributed by atoms with van der Waals surface area (Å²) in [5.41, 5.74) is 8.37. The number of rotatable bonds is 2. The fourth-order valence-corrected chi connectivity index (χ4v) is 1.46. The number of nitrogens with zero attached hydrogens (tertiary/aromatic N) is 1. The van der Waals surface area contributed by atoms with E-state index in [0.717, 1.165) is 5.69 Å². The van der Waals surface area contributed by atoms with Crippen molar-refractivity contribution in [2.45, 2.75) is 13.8 Å². The number of nitrogens with one attached hydrogen (secondary N) is 1. The predicted molar refractivity (Wildman–Crippen MR) is 67.8 cm³/mol. The van der Waals surface area contributed by atoms with E-state index < -0.39 is 0 Å². The number of hydrogen-bond donors (Lipinski definition) is 2. The van der Waals surface area contributed by atoms with Gasteiger partial charge in [-0.3, -0.25) is 0 Å². The molecule has 1 aromatic carbocycles. The Morgan fingerprint density at radius 3 is 2.59 bits per heavy atom. The largest absolute Gasteiger partial charge is 0.397 e. The number of nitrogens with two attached hydrogens (primary N) is 1. The summed E-state index contributed by atoms with van der Waals surface area (Å²) in [5.74, 6) is 0.419. The average molecular weight is 231 g/mol. The van der Waals surface area contributed by atoms with E-state index in [1.54, 1.807) is 25.1 Å². The number of aryl methyl sites for hydroxylation is 2. The SMILES string of the molecule is Cc1ccc(Nc2ccc(N)c(C)n2)cc1F. The van der Waals surface area contributed by atoms with E-state index in [9.17, 15) is 4.39 Å². The molecule has 0 bridgehead atoms. The van der Waals surface area contributed by atoms with Gasteiger partial charge in [-0.05, 0) is 43.7 Å². The highest BCUT2D eigenvalue weighted by Gasteiger charge is 2.02. The molecule has 1 heterocycles. The van der Waals surface area contributed by atoms with Gasteiger partial charge in [-0.15, -0.1) is 0 Å². The number of halogens is 1. The van der Waals surface area contributed by atoms with Gasteiger partial charge >= 0.3 is 0 Å². The topological polar surface area (TPSA) is 50.9 Å². The molecule has 0 unspecified atom stereocenters. The molecule has 2 aromatic rings. The molecule has 0 aliphatic rings. The summed E-state index contributed by atoms with van der Waals surface area (Å²) in [6.07, 6.45) is 0. The van der Waals surface area contributed by atoms with Gasteiger partial charge in [0.2, 0.25) is 0 Å². The second kappa shape index (κ2) is 4.41. The van der Waals surface area contributed by atoms with Crippen LogP contribution in [0.2, 0.25) is 0 Å². The second-order valence-electron chi connectivity index (χ2n) is 3.96. The molecule has 0 spiro atoms. The lowest BCUT2D eigenvalue weighted by molar-refractivity contribution is 0.619. The highest BCUT2D eigenvalue weighted by atomic mass is 19.1. The Morgan fingerprint density at radius 1 is 1.18 bits per heavy atom. The van der Waals surface area contributed by atoms with Crippen molar-refractivity contribution in [2.24, 2.45) is 0 Å². The van der Waals surface area contributed by atoms with Crippen LogP contribution < -0.4 is 11.1 Å². The van der Waals surface area contributed by atoms with Gasteiger partial charge in [-0.25, -0.2) is 9.37 Å². The molecule has 0 amide bonds. The van der Waals surface area contributed by atoms with Gasteiger partial charge in [0.15, 0.2) is 0 Å². The summed E-state index contributed by atoms with van der Waals surface area (Å²) >= 11 is 0. The molecular weight excluding hydrogens is 217 g/mol. The van der Waals surface area contributed by atoms with Crippen LogP contribution in [-0.4, -0.2) is 4.98 Å². The Balaban J connectivity index is 2.25. The predicted octanol–water partition coefficient (Wildman–Crippen LogP) is 3.16. The molecule has 1 aromatic heterocycles. The molecule has 17 heavy (non-hydrogen) atoms. The Kier molecular flexibility index (Phi) is 2.95. The third-order valence-corrected chi connectivity index (χ3v) is 2.57. The molecule has 4 heteroatoms. The Labute approximate surface area is 99.5 Å². The first-order valence-electron chi connectivity index (χ1n) is 5.32. The standard InChI is InChI=1S/C13H14FN3/c1-8-3-4-10(7-11(8)14)17-13-6-5-12(15)9(2)16-13/h3-7H,15H2,1-2H3,(H,16,17). The van der Waals surface area contributed by atoms with Crippen molar-refractivity contribution in [3.8, 4) is 0 Å². The zero-order chi connectivity index (χ0) is 12.4. The van der Waals surface area contributed by atoms with Crippen molar-refractivity contribution >= 4 is 17.2 Å². The molecule has 3 nitrogen and oxygen atoms in total. The van der Waals surface area contributed by atoms with Gasteiger partial charge < -0.3 is 11.1 Å². The lowest BCUT2D eigenvalue weighted by Gasteiger charge is -2.08. The smallest absolute Gasteiger partial charge is 0.130 e. The summed E-state index contributed by atoms with van der Waals surface area (Å²) in [6, 6.07) is 8.52. The molecule has 0 aliphatic heterocycles. The number of pyridine rings is 1. The van der Waals surface area contributed by atoms with Crippen LogP contribution in [0.3, 0.4) is 0 Å². The minimum atomic E-state index is -0.234. The summed E-state index contributed by atoms with van der Waals surface area (Å²) in [7, 11) is 0. The Morgan fingerprint density at radius 2 is 1.94 bits per heavy atom. The third-order valence-electron chi connectivity index (χ3n) is 2.57. The zero-order valence-electron chi connectivity index (χ0n) is 9.79. The van der Waals surface area contributed by atoms with Crippen LogP contribution in [0.25, 0.3) is 0 Å². The number of nitrogen functional groups attached to an aromatic ring is 1. The maximum atomic E-state index is 13.3. The molecule has 0 aliphatic carbocycles. The molecule has 0 fully saturated rings. The van der Waals surface area contributed by atoms with Crippen LogP contribution >= 0.6 is 0 Å². The van der Waals surface area contributed by atoms with Gasteiger partial charge in [0.1, 0.15) is 11.6 Å². The normalized spacial score (nSPS) is 10.3. The quantitative estimate of drug-likeness (QED) is 0.834. The Bertz CT molecular complexity index is 503. The fourth-order valence-electron chi connectivity index (χ4n) is 1.46. The van der Waals surface area contributed by atoms with E-state index in [4.69, 9.17) is 5.73 Å². The van der Waals surface area contributed by atoms with E-state index in [1.165, 1.54) is 6.07 Å². The monoisotopic (exact) mass is 231 g/mol. The summed E-state index contributed by atoms with van der Waals surface area (Å²) < 4.78 is 13.3. The molecule has 88 valence electrons. The van der Waals surface area contributed by atoms with E-state index in [2.05, 4.69) is 10.3 Å². The van der Waals surface area contributed by atoms with E-state index in [0.29, 0.717) is 22.8 Å². The van der Waals surface area contributed by atoms with Crippen LogP contribution in [0.15, 0.2) is 30.3 Å². The van der Waals surface area contributed by atoms with E-state index in [1.807, 2.05) is 13.0 Å². The third kappa shape index (κ3) is 2.53. The average Bonchev–Trinajstić information content (AvgIpc) is 2.29. The summed E-state index contributed by atoms with van der Waals surface area (Å²) in [4.78, 5) is 4.26. The number of anilines is 3. The van der Waals surface area contributed by atoms with Crippen molar-refractivity contribution in [3.05, 3.63) is 47.4 Å². The zero-order valence-corrected chi connectivity index (χ0v) is 9.79. The highest BCUT2D eigenvalue weighted by Crippen LogP contribution is 2.19. The second-order valence-corrected chi connectivity index (χ2v) is 3.96. The van der Waals surface area contributed by atoms with Crippen LogP contribution in [0.1, 0.15) is 11.3 Å². The van der Waals surface area contributed by atoms with Crippen molar-refractivity contribution in [1.82, 2.24) is 4.98 Å². The first-order valence-corrected chi connectivity index (χ1v) is 5.32.